The maximum absolute atomic E-state index is 12.0. The van der Waals surface area contributed by atoms with Gasteiger partial charge in [0.25, 0.3) is 0 Å². The summed E-state index contributed by atoms with van der Waals surface area (Å²) in [5, 5.41) is 8.43. The number of hydrogen-bond acceptors (Lipinski definition) is 5. The van der Waals surface area contributed by atoms with Crippen molar-refractivity contribution < 1.29 is 28.7 Å². The molecule has 2 heterocycles. The zero-order valence-corrected chi connectivity index (χ0v) is 22.2. The molecule has 0 aromatic heterocycles. The van der Waals surface area contributed by atoms with Crippen LogP contribution in [-0.4, -0.2) is 52.6 Å². The van der Waals surface area contributed by atoms with Crippen LogP contribution in [0.2, 0.25) is 0 Å². The van der Waals surface area contributed by atoms with Gasteiger partial charge in [0, 0.05) is 18.4 Å². The number of carbonyl (C=O) groups excluding carboxylic acids is 2. The first-order valence-electron chi connectivity index (χ1n) is 12.4. The number of carbonyl (C=O) groups is 3. The molecule has 194 valence electrons. The molecule has 0 spiro atoms. The maximum Gasteiger partial charge on any atom is 0.451 e. The van der Waals surface area contributed by atoms with Gasteiger partial charge in [-0.05, 0) is 32.6 Å². The topological polar surface area (TPSA) is 119 Å². The summed E-state index contributed by atoms with van der Waals surface area (Å²) in [5.74, 6) is 0.0172. The van der Waals surface area contributed by atoms with Gasteiger partial charge < -0.3 is 15.6 Å². The van der Waals surface area contributed by atoms with Crippen molar-refractivity contribution in [2.24, 2.45) is 22.1 Å². The third kappa shape index (κ3) is 9.50. The molecule has 3 unspecified atom stereocenters. The van der Waals surface area contributed by atoms with Crippen LogP contribution >= 0.6 is 0 Å². The predicted octanol–water partition coefficient (Wildman–Crippen LogP) is 5.43. The fourth-order valence-electron chi connectivity index (χ4n) is 3.14. The molecule has 34 heavy (non-hydrogen) atoms. The molecule has 8 nitrogen and oxygen atoms in total. The number of urea groups is 1. The van der Waals surface area contributed by atoms with Crippen molar-refractivity contribution in [3.63, 3.8) is 0 Å². The van der Waals surface area contributed by atoms with E-state index in [-0.39, 0.29) is 40.4 Å². The molecule has 8 heteroatoms. The number of carboxylic acids is 1. The largest absolute Gasteiger partial charge is 0.481 e. The van der Waals surface area contributed by atoms with Crippen LogP contribution in [0.3, 0.4) is 0 Å². The number of unbranched alkanes of at least 4 members (excludes halogenated alkanes) is 1. The lowest BCUT2D eigenvalue weighted by molar-refractivity contribution is -0.830. The Balaban J connectivity index is 0.000000563. The van der Waals surface area contributed by atoms with Crippen molar-refractivity contribution in [3.05, 3.63) is 24.9 Å². The van der Waals surface area contributed by atoms with Gasteiger partial charge in [-0.1, -0.05) is 53.5 Å². The fraction of sp³-hybridized carbons (Fsp3) is 0.692. The number of amidine groups is 1. The second-order valence-electron chi connectivity index (χ2n) is 9.15. The minimum atomic E-state index is -0.729. The summed E-state index contributed by atoms with van der Waals surface area (Å²) >= 11 is 0. The molecule has 0 aromatic carbocycles. The van der Waals surface area contributed by atoms with E-state index in [9.17, 15) is 14.4 Å². The number of quaternary nitrogens is 1. The highest BCUT2D eigenvalue weighted by atomic mass is 16.5. The number of aliphatic carboxylic acids is 1. The molecule has 1 saturated carbocycles. The highest BCUT2D eigenvalue weighted by molar-refractivity contribution is 5.99. The third-order valence-electron chi connectivity index (χ3n) is 6.17. The summed E-state index contributed by atoms with van der Waals surface area (Å²) in [6.07, 6.45) is 12.1. The molecule has 0 aromatic rings. The van der Waals surface area contributed by atoms with Gasteiger partial charge in [-0.3, -0.25) is 9.59 Å². The van der Waals surface area contributed by atoms with Gasteiger partial charge in [0.1, 0.15) is 17.8 Å². The van der Waals surface area contributed by atoms with Gasteiger partial charge in [-0.25, -0.2) is 4.79 Å². The van der Waals surface area contributed by atoms with Crippen LogP contribution in [0.1, 0.15) is 86.5 Å². The van der Waals surface area contributed by atoms with Crippen molar-refractivity contribution in [3.8, 4) is 0 Å². The Morgan fingerprint density at radius 1 is 1.35 bits per heavy atom. The summed E-state index contributed by atoms with van der Waals surface area (Å²) in [7, 11) is 1.83. The van der Waals surface area contributed by atoms with E-state index < -0.39 is 11.4 Å². The second-order valence-corrected chi connectivity index (χ2v) is 9.15. The predicted molar refractivity (Wildman–Crippen MR) is 136 cm³/mol. The fourth-order valence-corrected chi connectivity index (χ4v) is 3.14. The molecular weight excluding hydrogens is 434 g/mol. The van der Waals surface area contributed by atoms with Crippen LogP contribution in [0, 0.1) is 11.3 Å². The van der Waals surface area contributed by atoms with Crippen LogP contribution in [0.4, 0.5) is 4.79 Å². The quantitative estimate of drug-likeness (QED) is 0.370. The molecule has 0 radical (unpaired) electrons. The van der Waals surface area contributed by atoms with Crippen molar-refractivity contribution >= 4 is 23.6 Å². The van der Waals surface area contributed by atoms with Gasteiger partial charge in [0.2, 0.25) is 6.23 Å². The number of ether oxygens (including phenoxy) is 1. The van der Waals surface area contributed by atoms with Crippen molar-refractivity contribution in [1.29, 1.82) is 0 Å². The first-order valence-corrected chi connectivity index (χ1v) is 12.4. The first-order chi connectivity index (χ1) is 15.9. The van der Waals surface area contributed by atoms with Crippen LogP contribution in [0.5, 0.6) is 0 Å². The van der Waals surface area contributed by atoms with E-state index in [1.165, 1.54) is 18.9 Å². The first kappa shape index (κ1) is 31.7. The van der Waals surface area contributed by atoms with E-state index in [0.29, 0.717) is 0 Å². The van der Waals surface area contributed by atoms with Crippen LogP contribution in [0.15, 0.2) is 29.9 Å². The van der Waals surface area contributed by atoms with Gasteiger partial charge >= 0.3 is 12.0 Å². The standard InChI is InChI=1S/C13H21N3O2.C6H8O2.C5H10O.C2H6/c1-3-4-5-10-6-7-12(18-10)16(2)9-8-11(14)15-13(16)17;1-2-6(3-4-6)5(7)8;1-4(2)5(3)6;1-2/h8-10,12H,3-7H2,1-2H3,(H-,14,15,17);2H,1,3-4H2,(H,7,8);4H,1-3H3;1-2H3/p+1. The Morgan fingerprint density at radius 3 is 2.26 bits per heavy atom. The molecule has 3 N–H and O–H groups in total. The lowest BCUT2D eigenvalue weighted by atomic mass is 10.1. The number of rotatable bonds is 7. The molecule has 2 fully saturated rings. The average molecular weight is 481 g/mol. The molecular formula is C26H46N3O5+. The van der Waals surface area contributed by atoms with Crippen molar-refractivity contribution in [2.45, 2.75) is 98.8 Å². The number of ketones is 1. The number of carboxylic acid groups (broad SMARTS) is 1. The van der Waals surface area contributed by atoms with E-state index >= 15 is 0 Å². The maximum atomic E-state index is 12.0. The van der Waals surface area contributed by atoms with E-state index in [0.717, 1.165) is 32.1 Å². The highest BCUT2D eigenvalue weighted by Gasteiger charge is 2.47. The Labute approximate surface area is 205 Å². The lowest BCUT2D eigenvalue weighted by Gasteiger charge is -2.32. The van der Waals surface area contributed by atoms with Crippen LogP contribution < -0.4 is 5.73 Å². The van der Waals surface area contributed by atoms with E-state index in [1.807, 2.05) is 34.7 Å². The average Bonchev–Trinajstić information content (AvgIpc) is 3.47. The molecule has 2 amide bonds. The Bertz CT molecular complexity index is 756. The summed E-state index contributed by atoms with van der Waals surface area (Å²) in [6, 6.07) is -0.240. The van der Waals surface area contributed by atoms with E-state index in [4.69, 9.17) is 15.6 Å². The minimum absolute atomic E-state index is 0.0866. The van der Waals surface area contributed by atoms with Gasteiger partial charge in [0.15, 0.2) is 0 Å². The highest BCUT2D eigenvalue weighted by Crippen LogP contribution is 2.46. The molecule has 0 bridgehead atoms. The number of amides is 2. The SMILES string of the molecule is C=CC1(C(=O)O)CC1.CC.CC(=O)C(C)C.CCCCC1CCC([N+]2(C)C=CC(N)=NC2=O)O1. The molecule has 2 aliphatic heterocycles. The molecule has 3 rings (SSSR count). The van der Waals surface area contributed by atoms with Crippen molar-refractivity contribution in [1.82, 2.24) is 0 Å². The van der Waals surface area contributed by atoms with Gasteiger partial charge in [-0.2, -0.15) is 4.48 Å². The van der Waals surface area contributed by atoms with Crippen molar-refractivity contribution in [2.75, 3.05) is 7.05 Å². The summed E-state index contributed by atoms with van der Waals surface area (Å²) < 4.78 is 6.09. The smallest absolute Gasteiger partial charge is 0.451 e. The summed E-state index contributed by atoms with van der Waals surface area (Å²) in [5.41, 5.74) is 5.00. The summed E-state index contributed by atoms with van der Waals surface area (Å²) in [6.45, 7) is 15.0. The van der Waals surface area contributed by atoms with Crippen LogP contribution in [0.25, 0.3) is 0 Å². The molecule has 1 saturated heterocycles. The zero-order valence-electron chi connectivity index (χ0n) is 22.2. The van der Waals surface area contributed by atoms with E-state index in [2.05, 4.69) is 18.5 Å². The van der Waals surface area contributed by atoms with E-state index in [1.54, 1.807) is 19.2 Å². The summed E-state index contributed by atoms with van der Waals surface area (Å²) in [4.78, 5) is 36.2. The Morgan fingerprint density at radius 2 is 1.91 bits per heavy atom. The number of Topliss-reactive ketones (excluding diaryl/α,β-unsaturated/α-hetero) is 1. The second kappa shape index (κ2) is 14.8. The molecule has 3 atom stereocenters. The number of nitrogens with two attached hydrogens (primary N) is 1. The van der Waals surface area contributed by atoms with Gasteiger partial charge in [-0.15, -0.1) is 11.6 Å². The minimum Gasteiger partial charge on any atom is -0.481 e. The monoisotopic (exact) mass is 480 g/mol. The number of aliphatic imine (C=N–C) groups is 1. The molecule has 3 aliphatic rings. The molecule has 1 aliphatic carbocycles. The third-order valence-corrected chi connectivity index (χ3v) is 6.17. The number of nitrogens with zero attached hydrogens (tertiary/aromatic N) is 2. The van der Waals surface area contributed by atoms with Gasteiger partial charge in [0.05, 0.1) is 18.6 Å². The Kier molecular flexibility index (Phi) is 13.8. The number of hydrogen-bond donors (Lipinski definition) is 2. The Hall–Kier alpha value is -2.32. The zero-order chi connectivity index (χ0) is 26.5. The lowest BCUT2D eigenvalue weighted by Crippen LogP contribution is -2.53. The normalized spacial score (nSPS) is 26.0. The van der Waals surface area contributed by atoms with Crippen LogP contribution in [-0.2, 0) is 14.3 Å².